The van der Waals surface area contributed by atoms with E-state index in [1.165, 1.54) is 11.3 Å². The molecule has 3 heterocycles. The third kappa shape index (κ3) is 2.32. The molecule has 3 N–H and O–H groups in total. The van der Waals surface area contributed by atoms with Gasteiger partial charge in [0.05, 0.1) is 0 Å². The van der Waals surface area contributed by atoms with Crippen LogP contribution in [0.1, 0.15) is 13.3 Å². The molecule has 0 aliphatic carbocycles. The second kappa shape index (κ2) is 4.63. The van der Waals surface area contributed by atoms with E-state index in [2.05, 4.69) is 21.0 Å². The van der Waals surface area contributed by atoms with Crippen LogP contribution in [0.3, 0.4) is 0 Å². The normalized spacial score (nSPS) is 25.6. The van der Waals surface area contributed by atoms with Crippen molar-refractivity contribution in [1.29, 1.82) is 0 Å². The number of thiazole rings is 1. The van der Waals surface area contributed by atoms with Crippen LogP contribution in [0.25, 0.3) is 0 Å². The number of anilines is 1. The number of aromatic nitrogens is 1. The summed E-state index contributed by atoms with van der Waals surface area (Å²) in [5.41, 5.74) is 3.79. The largest absolute Gasteiger partial charge is 0.327 e. The Balaban J connectivity index is 1.69. The number of hydrogen-bond donors (Lipinski definition) is 3. The van der Waals surface area contributed by atoms with Gasteiger partial charge in [-0.1, -0.05) is 0 Å². The molecule has 3 rings (SSSR count). The van der Waals surface area contributed by atoms with Gasteiger partial charge in [-0.15, -0.1) is 11.3 Å². The van der Waals surface area contributed by atoms with Gasteiger partial charge in [0.2, 0.25) is 11.8 Å². The molecule has 1 aromatic rings. The third-order valence-electron chi connectivity index (χ3n) is 3.03. The summed E-state index contributed by atoms with van der Waals surface area (Å²) in [7, 11) is 0. The highest BCUT2D eigenvalue weighted by Gasteiger charge is 2.40. The maximum Gasteiger partial charge on any atom is 0.248 e. The zero-order chi connectivity index (χ0) is 13.4. The number of carbonyl (C=O) groups is 2. The molecule has 2 atom stereocenters. The molecule has 0 spiro atoms. The van der Waals surface area contributed by atoms with Gasteiger partial charge in [-0.3, -0.25) is 9.59 Å². The summed E-state index contributed by atoms with van der Waals surface area (Å²) >= 11 is 1.36. The van der Waals surface area contributed by atoms with Crippen LogP contribution in [0.5, 0.6) is 0 Å². The quantitative estimate of drug-likeness (QED) is 0.710. The van der Waals surface area contributed by atoms with Crippen molar-refractivity contribution >= 4 is 28.3 Å². The Kier molecular flexibility index (Phi) is 2.96. The maximum absolute atomic E-state index is 12.1. The highest BCUT2D eigenvalue weighted by Crippen LogP contribution is 2.21. The average Bonchev–Trinajstić information content (AvgIpc) is 2.97. The second-order valence-electron chi connectivity index (χ2n) is 4.47. The number of hydrogen-bond acceptors (Lipinski definition) is 6. The van der Waals surface area contributed by atoms with Gasteiger partial charge in [0.15, 0.2) is 5.13 Å². The Hall–Kier alpha value is -1.93. The molecule has 2 aliphatic heterocycles. The van der Waals surface area contributed by atoms with Gasteiger partial charge in [0.1, 0.15) is 12.1 Å². The molecule has 2 unspecified atom stereocenters. The van der Waals surface area contributed by atoms with E-state index in [1.54, 1.807) is 29.7 Å². The lowest BCUT2D eigenvalue weighted by Gasteiger charge is -2.27. The van der Waals surface area contributed by atoms with E-state index in [9.17, 15) is 9.59 Å². The van der Waals surface area contributed by atoms with Crippen LogP contribution in [0, 0.1) is 0 Å². The molecular formula is C11H13N5O2S. The number of nitrogens with one attached hydrogen (secondary N) is 3. The highest BCUT2D eigenvalue weighted by molar-refractivity contribution is 7.13. The first-order valence-electron chi connectivity index (χ1n) is 5.87. The summed E-state index contributed by atoms with van der Waals surface area (Å²) in [6.45, 7) is 1.80. The van der Waals surface area contributed by atoms with Gasteiger partial charge in [0, 0.05) is 29.9 Å². The fourth-order valence-corrected chi connectivity index (χ4v) is 2.71. The second-order valence-corrected chi connectivity index (χ2v) is 5.36. The van der Waals surface area contributed by atoms with E-state index in [1.807, 2.05) is 0 Å². The minimum absolute atomic E-state index is 0.0861. The maximum atomic E-state index is 12.1. The molecule has 1 saturated heterocycles. The average molecular weight is 279 g/mol. The summed E-state index contributed by atoms with van der Waals surface area (Å²) in [6, 6.07) is -0.766. The molecule has 7 nitrogen and oxygen atoms in total. The molecule has 1 aromatic heterocycles. The zero-order valence-electron chi connectivity index (χ0n) is 10.2. The zero-order valence-corrected chi connectivity index (χ0v) is 11.0. The summed E-state index contributed by atoms with van der Waals surface area (Å²) in [4.78, 5) is 27.9. The number of allylic oxidation sites excluding steroid dienone is 1. The lowest BCUT2D eigenvalue weighted by molar-refractivity contribution is -0.125. The Labute approximate surface area is 113 Å². The summed E-state index contributed by atoms with van der Waals surface area (Å²) in [6.07, 6.45) is 3.86. The van der Waals surface area contributed by atoms with Crippen molar-refractivity contribution in [1.82, 2.24) is 20.7 Å². The Bertz CT molecular complexity index is 541. The first-order chi connectivity index (χ1) is 9.13. The SMILES string of the molecule is CC1=CN2NC(C(=O)Nc3nccs3)CC2C(=O)N1. The molecule has 0 aromatic carbocycles. The lowest BCUT2D eigenvalue weighted by atomic mass is 10.1. The van der Waals surface area contributed by atoms with Crippen LogP contribution in [0.15, 0.2) is 23.5 Å². The smallest absolute Gasteiger partial charge is 0.248 e. The van der Waals surface area contributed by atoms with Gasteiger partial charge < -0.3 is 15.6 Å². The van der Waals surface area contributed by atoms with E-state index in [0.29, 0.717) is 11.6 Å². The summed E-state index contributed by atoms with van der Waals surface area (Å²) in [5, 5.41) is 9.53. The fraction of sp³-hybridized carbons (Fsp3) is 0.364. The molecule has 2 aliphatic rings. The van der Waals surface area contributed by atoms with E-state index < -0.39 is 6.04 Å². The Morgan fingerprint density at radius 2 is 2.47 bits per heavy atom. The first kappa shape index (κ1) is 12.1. The predicted octanol–water partition coefficient (Wildman–Crippen LogP) is 0.0202. The topological polar surface area (TPSA) is 86.4 Å². The first-order valence-corrected chi connectivity index (χ1v) is 6.75. The molecule has 0 bridgehead atoms. The molecule has 0 saturated carbocycles. The standard InChI is InChI=1S/C11H13N5O2S/c1-6-5-16-8(10(18)13-6)4-7(15-16)9(17)14-11-12-2-3-19-11/h2-3,5,7-8,15H,4H2,1H3,(H,13,18)(H,12,14,17). The molecule has 0 radical (unpaired) electrons. The number of rotatable bonds is 2. The molecule has 19 heavy (non-hydrogen) atoms. The van der Waals surface area contributed by atoms with Crippen molar-refractivity contribution in [3.63, 3.8) is 0 Å². The molecule has 100 valence electrons. The molecule has 1 fully saturated rings. The van der Waals surface area contributed by atoms with Crippen LogP contribution in [0.4, 0.5) is 5.13 Å². The third-order valence-corrected chi connectivity index (χ3v) is 3.72. The Morgan fingerprint density at radius 1 is 1.63 bits per heavy atom. The van der Waals surface area contributed by atoms with E-state index in [4.69, 9.17) is 0 Å². The highest BCUT2D eigenvalue weighted by atomic mass is 32.1. The lowest BCUT2D eigenvalue weighted by Crippen LogP contribution is -2.48. The van der Waals surface area contributed by atoms with Crippen molar-refractivity contribution in [2.45, 2.75) is 25.4 Å². The fourth-order valence-electron chi connectivity index (χ4n) is 2.18. The van der Waals surface area contributed by atoms with Crippen molar-refractivity contribution in [3.8, 4) is 0 Å². The molecule has 2 amide bonds. The van der Waals surface area contributed by atoms with E-state index in [-0.39, 0.29) is 17.9 Å². The number of fused-ring (bicyclic) bond motifs is 1. The number of carbonyl (C=O) groups excluding carboxylic acids is 2. The van der Waals surface area contributed by atoms with Gasteiger partial charge in [0.25, 0.3) is 0 Å². The van der Waals surface area contributed by atoms with Crippen LogP contribution >= 0.6 is 11.3 Å². The van der Waals surface area contributed by atoms with Crippen molar-refractivity contribution in [2.24, 2.45) is 0 Å². The van der Waals surface area contributed by atoms with Crippen molar-refractivity contribution in [3.05, 3.63) is 23.5 Å². The van der Waals surface area contributed by atoms with Gasteiger partial charge in [-0.25, -0.2) is 10.4 Å². The monoisotopic (exact) mass is 279 g/mol. The number of nitrogens with zero attached hydrogens (tertiary/aromatic N) is 2. The van der Waals surface area contributed by atoms with Gasteiger partial charge in [-0.05, 0) is 6.92 Å². The van der Waals surface area contributed by atoms with Gasteiger partial charge in [-0.2, -0.15) is 0 Å². The van der Waals surface area contributed by atoms with Crippen LogP contribution in [0.2, 0.25) is 0 Å². The molecule has 8 heteroatoms. The van der Waals surface area contributed by atoms with Crippen LogP contribution in [-0.2, 0) is 9.59 Å². The summed E-state index contributed by atoms with van der Waals surface area (Å²) in [5.74, 6) is -0.264. The van der Waals surface area contributed by atoms with Crippen molar-refractivity contribution < 1.29 is 9.59 Å². The van der Waals surface area contributed by atoms with Crippen LogP contribution < -0.4 is 16.1 Å². The Morgan fingerprint density at radius 3 is 3.21 bits per heavy atom. The van der Waals surface area contributed by atoms with Gasteiger partial charge >= 0.3 is 0 Å². The minimum atomic E-state index is -0.429. The predicted molar refractivity (Wildman–Crippen MR) is 69.8 cm³/mol. The number of hydrazine groups is 1. The summed E-state index contributed by atoms with van der Waals surface area (Å²) < 4.78 is 0. The van der Waals surface area contributed by atoms with E-state index >= 15 is 0 Å². The number of amides is 2. The van der Waals surface area contributed by atoms with Crippen molar-refractivity contribution in [2.75, 3.05) is 5.32 Å². The van der Waals surface area contributed by atoms with Crippen LogP contribution in [-0.4, -0.2) is 33.9 Å². The minimum Gasteiger partial charge on any atom is -0.327 e. The van der Waals surface area contributed by atoms with E-state index in [0.717, 1.165) is 5.70 Å². The molecular weight excluding hydrogens is 266 g/mol.